The summed E-state index contributed by atoms with van der Waals surface area (Å²) in [5.74, 6) is 1.66. The van der Waals surface area contributed by atoms with Crippen LogP contribution < -0.4 is 0 Å². The summed E-state index contributed by atoms with van der Waals surface area (Å²) in [5.41, 5.74) is 1.31. The molecule has 21 heavy (non-hydrogen) atoms. The Bertz CT molecular complexity index is 644. The third-order valence-electron chi connectivity index (χ3n) is 4.26. The summed E-state index contributed by atoms with van der Waals surface area (Å²) in [7, 11) is 1.85. The predicted molar refractivity (Wildman–Crippen MR) is 81.0 cm³/mol. The quantitative estimate of drug-likeness (QED) is 0.863. The molecular weight excluding hydrogens is 264 g/mol. The molecule has 1 aliphatic carbocycles. The molecule has 4 nitrogen and oxygen atoms in total. The molecule has 2 aromatic rings. The summed E-state index contributed by atoms with van der Waals surface area (Å²) >= 11 is 0. The Labute approximate surface area is 124 Å². The van der Waals surface area contributed by atoms with Crippen LogP contribution in [-0.2, 0) is 0 Å². The number of hydrogen-bond donors (Lipinski definition) is 0. The van der Waals surface area contributed by atoms with Gasteiger partial charge in [0.2, 0.25) is 5.89 Å². The van der Waals surface area contributed by atoms with Crippen molar-refractivity contribution < 1.29 is 9.21 Å². The van der Waals surface area contributed by atoms with Crippen LogP contribution in [0.4, 0.5) is 0 Å². The number of carbonyl (C=O) groups is 1. The molecule has 1 aromatic carbocycles. The highest BCUT2D eigenvalue weighted by atomic mass is 16.4. The second kappa shape index (κ2) is 5.35. The number of nitrogens with zero attached hydrogens (tertiary/aromatic N) is 2. The van der Waals surface area contributed by atoms with Gasteiger partial charge in [0, 0.05) is 18.7 Å². The molecule has 110 valence electrons. The van der Waals surface area contributed by atoms with E-state index >= 15 is 0 Å². The third kappa shape index (κ3) is 2.71. The molecule has 4 heteroatoms. The van der Waals surface area contributed by atoms with Crippen LogP contribution in [0, 0.1) is 12.8 Å². The average molecular weight is 284 g/mol. The minimum Gasteiger partial charge on any atom is -0.441 e. The van der Waals surface area contributed by atoms with Crippen LogP contribution in [0.15, 0.2) is 34.7 Å². The van der Waals surface area contributed by atoms with Crippen LogP contribution in [0.3, 0.4) is 0 Å². The maximum atomic E-state index is 12.6. The van der Waals surface area contributed by atoms with E-state index in [0.29, 0.717) is 23.3 Å². The SMILES string of the molecule is Cc1oc(-c2ccccc2)nc1C(=O)N(C)C(C)C1CC1. The van der Waals surface area contributed by atoms with E-state index in [1.165, 1.54) is 12.8 Å². The van der Waals surface area contributed by atoms with Gasteiger partial charge in [-0.3, -0.25) is 4.79 Å². The van der Waals surface area contributed by atoms with Crippen molar-refractivity contribution >= 4 is 5.91 Å². The highest BCUT2D eigenvalue weighted by Crippen LogP contribution is 2.35. The lowest BCUT2D eigenvalue weighted by Crippen LogP contribution is -2.36. The molecular formula is C17H20N2O2. The van der Waals surface area contributed by atoms with Crippen LogP contribution in [0.2, 0.25) is 0 Å². The molecule has 0 saturated heterocycles. The number of rotatable bonds is 4. The zero-order chi connectivity index (χ0) is 15.0. The Morgan fingerprint density at radius 3 is 2.62 bits per heavy atom. The number of benzene rings is 1. The normalized spacial score (nSPS) is 15.8. The van der Waals surface area contributed by atoms with E-state index < -0.39 is 0 Å². The summed E-state index contributed by atoms with van der Waals surface area (Å²) in [6.45, 7) is 3.89. The van der Waals surface area contributed by atoms with Gasteiger partial charge >= 0.3 is 0 Å². The highest BCUT2D eigenvalue weighted by Gasteiger charge is 2.34. The van der Waals surface area contributed by atoms with Gasteiger partial charge in [0.05, 0.1) is 0 Å². The van der Waals surface area contributed by atoms with Gasteiger partial charge in [0.25, 0.3) is 5.91 Å². The lowest BCUT2D eigenvalue weighted by molar-refractivity contribution is 0.0720. The van der Waals surface area contributed by atoms with Crippen LogP contribution in [0.1, 0.15) is 36.0 Å². The highest BCUT2D eigenvalue weighted by molar-refractivity contribution is 5.93. The van der Waals surface area contributed by atoms with Gasteiger partial charge < -0.3 is 9.32 Å². The van der Waals surface area contributed by atoms with Crippen LogP contribution in [0.25, 0.3) is 11.5 Å². The third-order valence-corrected chi connectivity index (χ3v) is 4.26. The molecule has 0 aliphatic heterocycles. The van der Waals surface area contributed by atoms with Gasteiger partial charge in [-0.1, -0.05) is 18.2 Å². The first-order chi connectivity index (χ1) is 10.1. The molecule has 0 bridgehead atoms. The Morgan fingerprint density at radius 1 is 1.33 bits per heavy atom. The molecule has 3 rings (SSSR count). The van der Waals surface area contributed by atoms with Crippen LogP contribution in [0.5, 0.6) is 0 Å². The molecule has 0 N–H and O–H groups in total. The Hall–Kier alpha value is -2.10. The summed E-state index contributed by atoms with van der Waals surface area (Å²) in [4.78, 5) is 18.8. The smallest absolute Gasteiger partial charge is 0.276 e. The van der Waals surface area contributed by atoms with E-state index in [-0.39, 0.29) is 11.9 Å². The van der Waals surface area contributed by atoms with Crippen molar-refractivity contribution in [2.75, 3.05) is 7.05 Å². The molecule has 1 saturated carbocycles. The number of oxazole rings is 1. The molecule has 0 spiro atoms. The second-order valence-corrected chi connectivity index (χ2v) is 5.78. The number of aromatic nitrogens is 1. The van der Waals surface area contributed by atoms with E-state index in [0.717, 1.165) is 5.56 Å². The van der Waals surface area contributed by atoms with Crippen molar-refractivity contribution in [1.82, 2.24) is 9.88 Å². The summed E-state index contributed by atoms with van der Waals surface area (Å²) in [6, 6.07) is 9.91. The first-order valence-corrected chi connectivity index (χ1v) is 7.38. The molecule has 1 aliphatic rings. The van der Waals surface area contributed by atoms with E-state index in [1.54, 1.807) is 11.8 Å². The Morgan fingerprint density at radius 2 is 2.00 bits per heavy atom. The summed E-state index contributed by atoms with van der Waals surface area (Å²) in [6.07, 6.45) is 2.43. The van der Waals surface area contributed by atoms with Gasteiger partial charge in [-0.25, -0.2) is 4.98 Å². The summed E-state index contributed by atoms with van der Waals surface area (Å²) in [5, 5.41) is 0. The van der Waals surface area contributed by atoms with Crippen molar-refractivity contribution in [3.63, 3.8) is 0 Å². The molecule has 0 radical (unpaired) electrons. The first kappa shape index (κ1) is 13.9. The van der Waals surface area contributed by atoms with E-state index in [9.17, 15) is 4.79 Å². The van der Waals surface area contributed by atoms with E-state index in [4.69, 9.17) is 4.42 Å². The average Bonchev–Trinajstić information content (AvgIpc) is 3.28. The molecule has 1 amide bonds. The van der Waals surface area contributed by atoms with Crippen LogP contribution in [-0.4, -0.2) is 28.9 Å². The largest absolute Gasteiger partial charge is 0.441 e. The lowest BCUT2D eigenvalue weighted by atomic mass is 10.2. The van der Waals surface area contributed by atoms with Gasteiger partial charge in [0.1, 0.15) is 5.76 Å². The first-order valence-electron chi connectivity index (χ1n) is 7.38. The van der Waals surface area contributed by atoms with Gasteiger partial charge in [0.15, 0.2) is 5.69 Å². The lowest BCUT2D eigenvalue weighted by Gasteiger charge is -2.24. The topological polar surface area (TPSA) is 46.3 Å². The van der Waals surface area contributed by atoms with Gasteiger partial charge in [-0.2, -0.15) is 0 Å². The van der Waals surface area contributed by atoms with Gasteiger partial charge in [-0.05, 0) is 44.7 Å². The van der Waals surface area contributed by atoms with E-state index in [2.05, 4.69) is 11.9 Å². The molecule has 1 fully saturated rings. The maximum Gasteiger partial charge on any atom is 0.276 e. The molecule has 1 atom stereocenters. The zero-order valence-electron chi connectivity index (χ0n) is 12.7. The standard InChI is InChI=1S/C17H20N2O2/c1-11(13-9-10-13)19(3)17(20)15-12(2)21-16(18-15)14-7-5-4-6-8-14/h4-8,11,13H,9-10H2,1-3H3. The number of hydrogen-bond acceptors (Lipinski definition) is 3. The summed E-state index contributed by atoms with van der Waals surface area (Å²) < 4.78 is 5.67. The minimum absolute atomic E-state index is 0.0576. The molecule has 1 unspecified atom stereocenters. The Kier molecular flexibility index (Phi) is 3.53. The van der Waals surface area contributed by atoms with Crippen LogP contribution >= 0.6 is 0 Å². The van der Waals surface area contributed by atoms with Crippen molar-refractivity contribution in [2.24, 2.45) is 5.92 Å². The molecule has 1 heterocycles. The number of aryl methyl sites for hydroxylation is 1. The maximum absolute atomic E-state index is 12.6. The molecule has 1 aromatic heterocycles. The monoisotopic (exact) mass is 284 g/mol. The van der Waals surface area contributed by atoms with Crippen molar-refractivity contribution in [3.05, 3.63) is 41.8 Å². The van der Waals surface area contributed by atoms with Crippen molar-refractivity contribution in [3.8, 4) is 11.5 Å². The van der Waals surface area contributed by atoms with Crippen molar-refractivity contribution in [2.45, 2.75) is 32.7 Å². The Balaban J connectivity index is 1.85. The fourth-order valence-electron chi connectivity index (χ4n) is 2.55. The fraction of sp³-hybridized carbons (Fsp3) is 0.412. The second-order valence-electron chi connectivity index (χ2n) is 5.78. The fourth-order valence-corrected chi connectivity index (χ4v) is 2.55. The minimum atomic E-state index is -0.0576. The number of carbonyl (C=O) groups excluding carboxylic acids is 1. The number of amides is 1. The van der Waals surface area contributed by atoms with Gasteiger partial charge in [-0.15, -0.1) is 0 Å². The van der Waals surface area contributed by atoms with E-state index in [1.807, 2.05) is 37.4 Å². The zero-order valence-corrected chi connectivity index (χ0v) is 12.7. The van der Waals surface area contributed by atoms with Crippen molar-refractivity contribution in [1.29, 1.82) is 0 Å². The predicted octanol–water partition coefficient (Wildman–Crippen LogP) is 3.52.